The van der Waals surface area contributed by atoms with Gasteiger partial charge in [0.25, 0.3) is 0 Å². The minimum Gasteiger partial charge on any atom is -0.488 e. The predicted molar refractivity (Wildman–Crippen MR) is 83.5 cm³/mol. The second-order valence-corrected chi connectivity index (χ2v) is 5.01. The van der Waals surface area contributed by atoms with Crippen LogP contribution in [0.4, 0.5) is 13.2 Å². The van der Waals surface area contributed by atoms with E-state index in [-0.39, 0.29) is 17.9 Å². The van der Waals surface area contributed by atoms with Crippen LogP contribution in [0.2, 0.25) is 0 Å². The molecule has 3 rings (SSSR count). The van der Waals surface area contributed by atoms with Gasteiger partial charge in [0.15, 0.2) is 5.75 Å². The van der Waals surface area contributed by atoms with E-state index in [1.165, 1.54) is 25.4 Å². The molecule has 0 amide bonds. The van der Waals surface area contributed by atoms with E-state index in [4.69, 9.17) is 9.47 Å². The average Bonchev–Trinajstić information content (AvgIpc) is 2.59. The number of alkyl halides is 3. The van der Waals surface area contributed by atoms with E-state index in [0.717, 1.165) is 5.56 Å². The Balaban J connectivity index is 1.85. The molecular formula is C17H13F3N2O3. The van der Waals surface area contributed by atoms with E-state index in [1.54, 1.807) is 30.5 Å². The van der Waals surface area contributed by atoms with Crippen molar-refractivity contribution < 1.29 is 27.4 Å². The SMILES string of the molecule is COc1ccc(COc2ccnc3c(OC(F)(F)F)cccc23)cn1. The molecule has 0 aliphatic heterocycles. The molecule has 1 aromatic carbocycles. The highest BCUT2D eigenvalue weighted by Gasteiger charge is 2.32. The van der Waals surface area contributed by atoms with Gasteiger partial charge in [-0.2, -0.15) is 0 Å². The van der Waals surface area contributed by atoms with Crippen molar-refractivity contribution >= 4 is 10.9 Å². The van der Waals surface area contributed by atoms with Crippen LogP contribution in [0.25, 0.3) is 10.9 Å². The van der Waals surface area contributed by atoms with Gasteiger partial charge in [-0.05, 0) is 24.3 Å². The molecule has 0 unspecified atom stereocenters. The van der Waals surface area contributed by atoms with Crippen molar-refractivity contribution in [2.24, 2.45) is 0 Å². The van der Waals surface area contributed by atoms with Crippen LogP contribution in [-0.4, -0.2) is 23.4 Å². The Morgan fingerprint density at radius 1 is 1.00 bits per heavy atom. The second-order valence-electron chi connectivity index (χ2n) is 5.01. The number of hydrogen-bond acceptors (Lipinski definition) is 5. The Bertz CT molecular complexity index is 867. The molecule has 3 aromatic rings. The zero-order valence-electron chi connectivity index (χ0n) is 13.1. The van der Waals surface area contributed by atoms with Crippen LogP contribution in [0.1, 0.15) is 5.56 Å². The van der Waals surface area contributed by atoms with Gasteiger partial charge in [0.05, 0.1) is 7.11 Å². The molecule has 8 heteroatoms. The largest absolute Gasteiger partial charge is 0.573 e. The molecule has 0 saturated heterocycles. The average molecular weight is 350 g/mol. The molecule has 0 spiro atoms. The molecule has 2 heterocycles. The minimum atomic E-state index is -4.79. The third-order valence-corrected chi connectivity index (χ3v) is 3.32. The molecular weight excluding hydrogens is 337 g/mol. The lowest BCUT2D eigenvalue weighted by Crippen LogP contribution is -2.17. The smallest absolute Gasteiger partial charge is 0.488 e. The standard InChI is InChI=1S/C17H13F3N2O3/c1-23-15-6-5-11(9-22-15)10-24-13-7-8-21-16-12(13)3-2-4-14(16)25-17(18,19)20/h2-9H,10H2,1H3. The highest BCUT2D eigenvalue weighted by Crippen LogP contribution is 2.33. The lowest BCUT2D eigenvalue weighted by atomic mass is 10.2. The van der Waals surface area contributed by atoms with Crippen molar-refractivity contribution in [1.82, 2.24) is 9.97 Å². The summed E-state index contributed by atoms with van der Waals surface area (Å²) in [6.07, 6.45) is -1.82. The van der Waals surface area contributed by atoms with E-state index >= 15 is 0 Å². The second kappa shape index (κ2) is 6.84. The fourth-order valence-corrected chi connectivity index (χ4v) is 2.23. The molecule has 130 valence electrons. The van der Waals surface area contributed by atoms with Gasteiger partial charge in [-0.25, -0.2) is 4.98 Å². The lowest BCUT2D eigenvalue weighted by molar-refractivity contribution is -0.274. The van der Waals surface area contributed by atoms with Crippen LogP contribution in [0.5, 0.6) is 17.4 Å². The Kier molecular flexibility index (Phi) is 4.60. The van der Waals surface area contributed by atoms with E-state index in [0.29, 0.717) is 17.0 Å². The van der Waals surface area contributed by atoms with Crippen LogP contribution >= 0.6 is 0 Å². The van der Waals surface area contributed by atoms with E-state index in [1.807, 2.05) is 0 Å². The summed E-state index contributed by atoms with van der Waals surface area (Å²) in [7, 11) is 1.52. The maximum Gasteiger partial charge on any atom is 0.573 e. The summed E-state index contributed by atoms with van der Waals surface area (Å²) >= 11 is 0. The van der Waals surface area contributed by atoms with Crippen molar-refractivity contribution in [3.8, 4) is 17.4 Å². The molecule has 0 fully saturated rings. The molecule has 0 aliphatic carbocycles. The number of ether oxygens (including phenoxy) is 3. The minimum absolute atomic E-state index is 0.0742. The number of rotatable bonds is 5. The molecule has 0 radical (unpaired) electrons. The summed E-state index contributed by atoms with van der Waals surface area (Å²) in [5.74, 6) is 0.502. The molecule has 2 aromatic heterocycles. The van der Waals surface area contributed by atoms with Crippen molar-refractivity contribution in [2.75, 3.05) is 7.11 Å². The highest BCUT2D eigenvalue weighted by atomic mass is 19.4. The van der Waals surface area contributed by atoms with Gasteiger partial charge in [-0.15, -0.1) is 13.2 Å². The number of halogens is 3. The molecule has 5 nitrogen and oxygen atoms in total. The summed E-state index contributed by atoms with van der Waals surface area (Å²) < 4.78 is 52.2. The van der Waals surface area contributed by atoms with Crippen molar-refractivity contribution in [3.63, 3.8) is 0 Å². The number of para-hydroxylation sites is 1. The van der Waals surface area contributed by atoms with Crippen LogP contribution < -0.4 is 14.2 Å². The highest BCUT2D eigenvalue weighted by molar-refractivity contribution is 5.89. The molecule has 0 aliphatic rings. The van der Waals surface area contributed by atoms with Gasteiger partial charge in [0, 0.05) is 29.4 Å². The van der Waals surface area contributed by atoms with Crippen molar-refractivity contribution in [1.29, 1.82) is 0 Å². The molecule has 0 saturated carbocycles. The first kappa shape index (κ1) is 16.8. The summed E-state index contributed by atoms with van der Waals surface area (Å²) in [5.41, 5.74) is 0.860. The van der Waals surface area contributed by atoms with Gasteiger partial charge < -0.3 is 14.2 Å². The van der Waals surface area contributed by atoms with Gasteiger partial charge in [-0.1, -0.05) is 6.07 Å². The lowest BCUT2D eigenvalue weighted by Gasteiger charge is -2.13. The first-order valence-corrected chi connectivity index (χ1v) is 7.21. The summed E-state index contributed by atoms with van der Waals surface area (Å²) in [5, 5.41) is 0.422. The summed E-state index contributed by atoms with van der Waals surface area (Å²) in [6, 6.07) is 9.34. The molecule has 0 atom stereocenters. The topological polar surface area (TPSA) is 53.5 Å². The van der Waals surface area contributed by atoms with E-state index < -0.39 is 6.36 Å². The number of methoxy groups -OCH3 is 1. The first-order chi connectivity index (χ1) is 12.0. The zero-order valence-corrected chi connectivity index (χ0v) is 13.1. The third kappa shape index (κ3) is 4.09. The van der Waals surface area contributed by atoms with Gasteiger partial charge in [0.1, 0.15) is 17.9 Å². The normalized spacial score (nSPS) is 11.4. The number of nitrogens with zero attached hydrogens (tertiary/aromatic N) is 2. The predicted octanol–water partition coefficient (Wildman–Crippen LogP) is 4.12. The molecule has 0 N–H and O–H groups in total. The number of fused-ring (bicyclic) bond motifs is 1. The van der Waals surface area contributed by atoms with Crippen molar-refractivity contribution in [2.45, 2.75) is 13.0 Å². The maximum absolute atomic E-state index is 12.5. The number of benzene rings is 1. The van der Waals surface area contributed by atoms with Gasteiger partial charge in [0.2, 0.25) is 5.88 Å². The first-order valence-electron chi connectivity index (χ1n) is 7.21. The van der Waals surface area contributed by atoms with E-state index in [2.05, 4.69) is 14.7 Å². The van der Waals surface area contributed by atoms with Crippen molar-refractivity contribution in [3.05, 3.63) is 54.4 Å². The summed E-state index contributed by atoms with van der Waals surface area (Å²) in [6.45, 7) is 0.195. The third-order valence-electron chi connectivity index (χ3n) is 3.32. The Labute approximate surface area is 141 Å². The Morgan fingerprint density at radius 3 is 2.52 bits per heavy atom. The number of pyridine rings is 2. The zero-order chi connectivity index (χ0) is 17.9. The van der Waals surface area contributed by atoms with Gasteiger partial charge in [-0.3, -0.25) is 4.98 Å². The molecule has 25 heavy (non-hydrogen) atoms. The number of hydrogen-bond donors (Lipinski definition) is 0. The van der Waals surface area contributed by atoms with Crippen LogP contribution in [0.3, 0.4) is 0 Å². The summed E-state index contributed by atoms with van der Waals surface area (Å²) in [4.78, 5) is 8.04. The van der Waals surface area contributed by atoms with E-state index in [9.17, 15) is 13.2 Å². The maximum atomic E-state index is 12.5. The number of aromatic nitrogens is 2. The fraction of sp³-hybridized carbons (Fsp3) is 0.176. The van der Waals surface area contributed by atoms with Crippen LogP contribution in [0.15, 0.2) is 48.8 Å². The monoisotopic (exact) mass is 350 g/mol. The van der Waals surface area contributed by atoms with Crippen LogP contribution in [-0.2, 0) is 6.61 Å². The quantitative estimate of drug-likeness (QED) is 0.693. The fourth-order valence-electron chi connectivity index (χ4n) is 2.23. The Morgan fingerprint density at radius 2 is 1.84 bits per heavy atom. The van der Waals surface area contributed by atoms with Gasteiger partial charge >= 0.3 is 6.36 Å². The molecule has 0 bridgehead atoms. The Hall–Kier alpha value is -3.03. The van der Waals surface area contributed by atoms with Crippen LogP contribution in [0, 0.1) is 0 Å².